The molecule has 0 unspecified atom stereocenters. The van der Waals surface area contributed by atoms with Crippen molar-refractivity contribution in [2.24, 2.45) is 0 Å². The highest BCUT2D eigenvalue weighted by Gasteiger charge is 2.30. The topological polar surface area (TPSA) is 83.8 Å². The standard InChI is InChI=1S/C16H16FN3O4S/c17-13-6-7-15(20(21)22)16(12-13)18-8-10-19(11-9-18)25(23,24)14-4-2-1-3-5-14/h1-7,12H,8-11H2. The quantitative estimate of drug-likeness (QED) is 0.613. The third-order valence-corrected chi connectivity index (χ3v) is 6.01. The molecule has 1 heterocycles. The van der Waals surface area contributed by atoms with E-state index in [1.165, 1.54) is 16.4 Å². The summed E-state index contributed by atoms with van der Waals surface area (Å²) in [5.41, 5.74) is -0.0254. The molecular weight excluding hydrogens is 349 g/mol. The third-order valence-electron chi connectivity index (χ3n) is 4.09. The van der Waals surface area contributed by atoms with E-state index in [0.29, 0.717) is 0 Å². The first-order valence-corrected chi connectivity index (χ1v) is 9.08. The van der Waals surface area contributed by atoms with Crippen LogP contribution in [-0.2, 0) is 10.0 Å². The van der Waals surface area contributed by atoms with Gasteiger partial charge in [0.2, 0.25) is 10.0 Å². The lowest BCUT2D eigenvalue weighted by atomic mass is 10.2. The van der Waals surface area contributed by atoms with Crippen molar-refractivity contribution in [1.82, 2.24) is 4.31 Å². The van der Waals surface area contributed by atoms with Crippen molar-refractivity contribution >= 4 is 21.4 Å². The highest BCUT2D eigenvalue weighted by atomic mass is 32.2. The van der Waals surface area contributed by atoms with Gasteiger partial charge in [-0.15, -0.1) is 0 Å². The lowest BCUT2D eigenvalue weighted by Gasteiger charge is -2.35. The van der Waals surface area contributed by atoms with Crippen LogP contribution < -0.4 is 4.90 Å². The zero-order valence-corrected chi connectivity index (χ0v) is 14.0. The first-order valence-electron chi connectivity index (χ1n) is 7.64. The fourth-order valence-corrected chi connectivity index (χ4v) is 4.26. The number of halogens is 1. The molecule has 132 valence electrons. The minimum Gasteiger partial charge on any atom is -0.363 e. The molecule has 1 aliphatic heterocycles. The number of nitrogens with zero attached hydrogens (tertiary/aromatic N) is 3. The van der Waals surface area contributed by atoms with E-state index in [1.807, 2.05) is 0 Å². The lowest BCUT2D eigenvalue weighted by Crippen LogP contribution is -2.48. The SMILES string of the molecule is O=[N+]([O-])c1ccc(F)cc1N1CCN(S(=O)(=O)c2ccccc2)CC1. The normalized spacial score (nSPS) is 16.0. The van der Waals surface area contributed by atoms with E-state index in [-0.39, 0.29) is 42.4 Å². The van der Waals surface area contributed by atoms with Gasteiger partial charge in [-0.05, 0) is 18.2 Å². The summed E-state index contributed by atoms with van der Waals surface area (Å²) in [5.74, 6) is -0.570. The Labute approximate surface area is 144 Å². The molecule has 9 heteroatoms. The summed E-state index contributed by atoms with van der Waals surface area (Å²) in [4.78, 5) is 12.4. The smallest absolute Gasteiger partial charge is 0.292 e. The average Bonchev–Trinajstić information content (AvgIpc) is 2.62. The van der Waals surface area contributed by atoms with Gasteiger partial charge in [-0.25, -0.2) is 12.8 Å². The van der Waals surface area contributed by atoms with E-state index < -0.39 is 20.8 Å². The van der Waals surface area contributed by atoms with Crippen LogP contribution in [0.1, 0.15) is 0 Å². The Kier molecular flexibility index (Phi) is 4.69. The van der Waals surface area contributed by atoms with Gasteiger partial charge >= 0.3 is 0 Å². The Morgan fingerprint density at radius 1 is 1.00 bits per heavy atom. The summed E-state index contributed by atoms with van der Waals surface area (Å²) < 4.78 is 40.0. The predicted octanol–water partition coefficient (Wildman–Crippen LogP) is 2.24. The Morgan fingerprint density at radius 2 is 1.64 bits per heavy atom. The second-order valence-electron chi connectivity index (χ2n) is 5.59. The van der Waals surface area contributed by atoms with Crippen LogP contribution in [0.15, 0.2) is 53.4 Å². The highest BCUT2D eigenvalue weighted by Crippen LogP contribution is 2.30. The van der Waals surface area contributed by atoms with Gasteiger partial charge in [0, 0.05) is 38.3 Å². The van der Waals surface area contributed by atoms with Crippen LogP contribution in [0, 0.1) is 15.9 Å². The minimum absolute atomic E-state index is 0.168. The van der Waals surface area contributed by atoms with Crippen molar-refractivity contribution in [2.75, 3.05) is 31.1 Å². The number of hydrogen-bond donors (Lipinski definition) is 0. The Morgan fingerprint density at radius 3 is 2.24 bits per heavy atom. The molecule has 0 N–H and O–H groups in total. The molecule has 7 nitrogen and oxygen atoms in total. The summed E-state index contributed by atoms with van der Waals surface area (Å²) in [6.07, 6.45) is 0. The molecule has 1 aliphatic rings. The molecular formula is C16H16FN3O4S. The van der Waals surface area contributed by atoms with Gasteiger partial charge in [0.25, 0.3) is 5.69 Å². The molecule has 1 fully saturated rings. The van der Waals surface area contributed by atoms with E-state index in [9.17, 15) is 22.9 Å². The molecule has 25 heavy (non-hydrogen) atoms. The van der Waals surface area contributed by atoms with Gasteiger partial charge in [0.05, 0.1) is 9.82 Å². The number of nitro groups is 1. The molecule has 0 radical (unpaired) electrons. The van der Waals surface area contributed by atoms with Crippen LogP contribution in [-0.4, -0.2) is 43.8 Å². The van der Waals surface area contributed by atoms with E-state index in [4.69, 9.17) is 0 Å². The second kappa shape index (κ2) is 6.77. The van der Waals surface area contributed by atoms with E-state index in [1.54, 1.807) is 23.1 Å². The summed E-state index contributed by atoms with van der Waals surface area (Å²) in [6, 6.07) is 11.4. The number of anilines is 1. The zero-order valence-electron chi connectivity index (χ0n) is 13.2. The van der Waals surface area contributed by atoms with Crippen LogP contribution in [0.4, 0.5) is 15.8 Å². The van der Waals surface area contributed by atoms with Gasteiger partial charge in [-0.3, -0.25) is 10.1 Å². The molecule has 1 saturated heterocycles. The number of benzene rings is 2. The maximum absolute atomic E-state index is 13.5. The highest BCUT2D eigenvalue weighted by molar-refractivity contribution is 7.89. The molecule has 3 rings (SSSR count). The number of rotatable bonds is 4. The fraction of sp³-hybridized carbons (Fsp3) is 0.250. The van der Waals surface area contributed by atoms with E-state index >= 15 is 0 Å². The first-order chi connectivity index (χ1) is 11.9. The minimum atomic E-state index is -3.60. The van der Waals surface area contributed by atoms with Crippen molar-refractivity contribution in [3.05, 3.63) is 64.5 Å². The number of hydrogen-bond acceptors (Lipinski definition) is 5. The molecule has 0 spiro atoms. The summed E-state index contributed by atoms with van der Waals surface area (Å²) in [7, 11) is -3.60. The van der Waals surface area contributed by atoms with Gasteiger partial charge in [0.1, 0.15) is 11.5 Å². The molecule has 2 aromatic rings. The molecule has 0 aromatic heterocycles. The fourth-order valence-electron chi connectivity index (χ4n) is 2.82. The van der Waals surface area contributed by atoms with Gasteiger partial charge < -0.3 is 4.90 Å². The van der Waals surface area contributed by atoms with Gasteiger partial charge in [-0.1, -0.05) is 18.2 Å². The Balaban J connectivity index is 1.79. The largest absolute Gasteiger partial charge is 0.363 e. The van der Waals surface area contributed by atoms with Crippen LogP contribution in [0.2, 0.25) is 0 Å². The molecule has 0 atom stereocenters. The van der Waals surface area contributed by atoms with E-state index in [0.717, 1.165) is 18.2 Å². The molecule has 0 bridgehead atoms. The van der Waals surface area contributed by atoms with Crippen LogP contribution in [0.5, 0.6) is 0 Å². The molecule has 2 aromatic carbocycles. The average molecular weight is 365 g/mol. The molecule has 0 amide bonds. The number of piperazine rings is 1. The number of nitro benzene ring substituents is 1. The maximum Gasteiger partial charge on any atom is 0.292 e. The molecule has 0 aliphatic carbocycles. The second-order valence-corrected chi connectivity index (χ2v) is 7.53. The maximum atomic E-state index is 13.5. The Hall–Kier alpha value is -2.52. The molecule has 0 saturated carbocycles. The van der Waals surface area contributed by atoms with E-state index in [2.05, 4.69) is 0 Å². The third kappa shape index (κ3) is 3.47. The lowest BCUT2D eigenvalue weighted by molar-refractivity contribution is -0.384. The van der Waals surface area contributed by atoms with Crippen molar-refractivity contribution in [3.63, 3.8) is 0 Å². The first kappa shape index (κ1) is 17.3. The van der Waals surface area contributed by atoms with Crippen molar-refractivity contribution in [2.45, 2.75) is 4.90 Å². The zero-order chi connectivity index (χ0) is 18.0. The van der Waals surface area contributed by atoms with Gasteiger partial charge in [0.15, 0.2) is 0 Å². The predicted molar refractivity (Wildman–Crippen MR) is 90.5 cm³/mol. The summed E-state index contributed by atoms with van der Waals surface area (Å²) >= 11 is 0. The summed E-state index contributed by atoms with van der Waals surface area (Å²) in [5, 5.41) is 11.1. The van der Waals surface area contributed by atoms with Gasteiger partial charge in [-0.2, -0.15) is 4.31 Å². The summed E-state index contributed by atoms with van der Waals surface area (Å²) in [6.45, 7) is 0.836. The monoisotopic (exact) mass is 365 g/mol. The van der Waals surface area contributed by atoms with Crippen molar-refractivity contribution < 1.29 is 17.7 Å². The van der Waals surface area contributed by atoms with Crippen LogP contribution in [0.25, 0.3) is 0 Å². The Bertz CT molecular complexity index is 882. The number of sulfonamides is 1. The van der Waals surface area contributed by atoms with Crippen molar-refractivity contribution in [1.29, 1.82) is 0 Å². The van der Waals surface area contributed by atoms with Crippen LogP contribution in [0.3, 0.4) is 0 Å². The van der Waals surface area contributed by atoms with Crippen LogP contribution >= 0.6 is 0 Å². The van der Waals surface area contributed by atoms with Crippen molar-refractivity contribution in [3.8, 4) is 0 Å².